The number of fused-ring (bicyclic) bond motifs is 2. The van der Waals surface area contributed by atoms with Gasteiger partial charge in [-0.25, -0.2) is 4.98 Å². The van der Waals surface area contributed by atoms with Crippen molar-refractivity contribution in [3.8, 4) is 0 Å². The van der Waals surface area contributed by atoms with E-state index in [-0.39, 0.29) is 27.6 Å². The molecule has 4 heterocycles. The van der Waals surface area contributed by atoms with Gasteiger partial charge in [-0.05, 0) is 41.0 Å². The van der Waals surface area contributed by atoms with Gasteiger partial charge in [0.1, 0.15) is 11.3 Å². The monoisotopic (exact) mass is 634 g/mol. The topological polar surface area (TPSA) is 144 Å². The molecule has 7 rings (SSSR count). The molecule has 0 spiro atoms. The Labute approximate surface area is 263 Å². The van der Waals surface area contributed by atoms with E-state index in [1.54, 1.807) is 41.8 Å². The van der Waals surface area contributed by atoms with Crippen LogP contribution in [0.2, 0.25) is 0 Å². The molecular formula is C32H22N6O5S2. The highest BCUT2D eigenvalue weighted by Gasteiger charge is 2.49. The standard InChI is InChI=1S/C32H22N6O5S2/c1-18-26(36-15-5-4-14-24(36)33-18)28(39)25-27(20-10-7-12-22(16-20)38(42)43)37(30(41)29(25)40)31-34-35-32(45-31)44-17-21-11-6-9-19-8-2-3-13-23(19)21/h2-16,27,39H,17H2,1H3. The maximum atomic E-state index is 13.7. The average molecular weight is 635 g/mol. The summed E-state index contributed by atoms with van der Waals surface area (Å²) in [6, 6.07) is 23.9. The van der Waals surface area contributed by atoms with E-state index in [9.17, 15) is 24.8 Å². The molecule has 1 aliphatic rings. The smallest absolute Gasteiger partial charge is 0.301 e. The number of nitrogens with zero attached hydrogens (tertiary/aromatic N) is 6. The Morgan fingerprint density at radius 2 is 1.80 bits per heavy atom. The number of aliphatic hydroxyl groups is 1. The van der Waals surface area contributed by atoms with E-state index >= 15 is 0 Å². The number of imidazole rings is 1. The van der Waals surface area contributed by atoms with E-state index in [0.29, 0.717) is 21.4 Å². The summed E-state index contributed by atoms with van der Waals surface area (Å²) < 4.78 is 2.19. The highest BCUT2D eigenvalue weighted by Crippen LogP contribution is 2.45. The molecule has 45 heavy (non-hydrogen) atoms. The third kappa shape index (κ3) is 4.91. The number of nitro groups is 1. The van der Waals surface area contributed by atoms with Gasteiger partial charge in [-0.2, -0.15) is 0 Å². The van der Waals surface area contributed by atoms with Gasteiger partial charge in [0, 0.05) is 24.1 Å². The number of carbonyl (C=O) groups is 2. The Kier molecular flexibility index (Phi) is 7.10. The number of amides is 1. The van der Waals surface area contributed by atoms with Gasteiger partial charge in [0.2, 0.25) is 5.13 Å². The Morgan fingerprint density at radius 1 is 1.02 bits per heavy atom. The zero-order valence-electron chi connectivity index (χ0n) is 23.5. The number of non-ortho nitro benzene ring substituents is 1. The lowest BCUT2D eigenvalue weighted by molar-refractivity contribution is -0.384. The zero-order valence-corrected chi connectivity index (χ0v) is 25.2. The van der Waals surface area contributed by atoms with Crippen LogP contribution in [-0.4, -0.2) is 41.3 Å². The van der Waals surface area contributed by atoms with Crippen molar-refractivity contribution in [2.24, 2.45) is 0 Å². The van der Waals surface area contributed by atoms with E-state index in [1.165, 1.54) is 30.0 Å². The number of aryl methyl sites for hydroxylation is 1. The van der Waals surface area contributed by atoms with Crippen LogP contribution in [0.15, 0.2) is 101 Å². The molecule has 13 heteroatoms. The third-order valence-corrected chi connectivity index (χ3v) is 9.71. The van der Waals surface area contributed by atoms with Gasteiger partial charge in [0.25, 0.3) is 11.5 Å². The van der Waals surface area contributed by atoms with Gasteiger partial charge in [0.15, 0.2) is 10.1 Å². The summed E-state index contributed by atoms with van der Waals surface area (Å²) in [6.07, 6.45) is 1.69. The molecule has 1 saturated heterocycles. The summed E-state index contributed by atoms with van der Waals surface area (Å²) in [4.78, 5) is 44.1. The van der Waals surface area contributed by atoms with Crippen LogP contribution in [0.3, 0.4) is 0 Å². The fraction of sp³-hybridized carbons (Fsp3) is 0.0938. The average Bonchev–Trinajstić information content (AvgIpc) is 3.73. The van der Waals surface area contributed by atoms with E-state index < -0.39 is 28.4 Å². The second-order valence-corrected chi connectivity index (χ2v) is 12.5. The highest BCUT2D eigenvalue weighted by atomic mass is 32.2. The Balaban J connectivity index is 1.31. The molecule has 1 amide bonds. The summed E-state index contributed by atoms with van der Waals surface area (Å²) in [5.41, 5.74) is 2.12. The maximum Gasteiger partial charge on any atom is 0.301 e. The first kappa shape index (κ1) is 28.4. The quantitative estimate of drug-likeness (QED) is 0.0397. The lowest BCUT2D eigenvalue weighted by atomic mass is 9.96. The zero-order chi connectivity index (χ0) is 31.2. The predicted octanol–water partition coefficient (Wildman–Crippen LogP) is 6.47. The van der Waals surface area contributed by atoms with Crippen LogP contribution in [0, 0.1) is 17.0 Å². The highest BCUT2D eigenvalue weighted by molar-refractivity contribution is 8.00. The van der Waals surface area contributed by atoms with Crippen molar-refractivity contribution in [1.29, 1.82) is 0 Å². The van der Waals surface area contributed by atoms with Crippen LogP contribution in [0.1, 0.15) is 28.6 Å². The molecule has 1 unspecified atom stereocenters. The van der Waals surface area contributed by atoms with Crippen LogP contribution >= 0.6 is 23.1 Å². The lowest BCUT2D eigenvalue weighted by Gasteiger charge is -2.22. The van der Waals surface area contributed by atoms with Gasteiger partial charge in [-0.1, -0.05) is 83.8 Å². The fourth-order valence-corrected chi connectivity index (χ4v) is 7.47. The Bertz CT molecular complexity index is 2200. The number of benzene rings is 3. The fourth-order valence-electron chi connectivity index (χ4n) is 5.60. The second-order valence-electron chi connectivity index (χ2n) is 10.3. The Morgan fingerprint density at radius 3 is 2.64 bits per heavy atom. The van der Waals surface area contributed by atoms with Gasteiger partial charge in [0.05, 0.1) is 22.2 Å². The van der Waals surface area contributed by atoms with Crippen molar-refractivity contribution >= 4 is 67.8 Å². The molecule has 11 nitrogen and oxygen atoms in total. The second kappa shape index (κ2) is 11.3. The van der Waals surface area contributed by atoms with Gasteiger partial charge >= 0.3 is 5.91 Å². The number of thioether (sulfide) groups is 1. The van der Waals surface area contributed by atoms with Gasteiger partial charge in [-0.3, -0.25) is 29.0 Å². The third-order valence-electron chi connectivity index (χ3n) is 7.60. The number of ketones is 1. The number of hydrogen-bond donors (Lipinski definition) is 1. The summed E-state index contributed by atoms with van der Waals surface area (Å²) in [5.74, 6) is -1.73. The van der Waals surface area contributed by atoms with Crippen LogP contribution in [0.4, 0.5) is 10.8 Å². The molecule has 0 bridgehead atoms. The number of hydrogen-bond acceptors (Lipinski definition) is 10. The minimum absolute atomic E-state index is 0.128. The normalized spacial score (nSPS) is 16.2. The molecule has 1 N–H and O–H groups in total. The van der Waals surface area contributed by atoms with Crippen molar-refractivity contribution in [3.63, 3.8) is 0 Å². The summed E-state index contributed by atoms with van der Waals surface area (Å²) >= 11 is 2.57. The summed E-state index contributed by atoms with van der Waals surface area (Å²) in [7, 11) is 0. The van der Waals surface area contributed by atoms with Crippen LogP contribution < -0.4 is 4.90 Å². The number of rotatable bonds is 7. The van der Waals surface area contributed by atoms with Crippen molar-refractivity contribution in [3.05, 3.63) is 129 Å². The van der Waals surface area contributed by atoms with Crippen LogP contribution in [-0.2, 0) is 15.3 Å². The molecule has 1 fully saturated rings. The number of nitro benzene ring substituents is 1. The molecule has 3 aromatic carbocycles. The van der Waals surface area contributed by atoms with Crippen molar-refractivity contribution in [2.75, 3.05) is 4.90 Å². The number of aromatic nitrogens is 4. The van der Waals surface area contributed by atoms with Gasteiger partial charge in [-0.15, -0.1) is 10.2 Å². The van der Waals surface area contributed by atoms with Crippen LogP contribution in [0.5, 0.6) is 0 Å². The number of pyridine rings is 1. The first-order valence-electron chi connectivity index (χ1n) is 13.7. The Hall–Kier alpha value is -5.40. The first-order chi connectivity index (χ1) is 21.8. The summed E-state index contributed by atoms with van der Waals surface area (Å²) in [6.45, 7) is 1.69. The minimum Gasteiger partial charge on any atom is -0.505 e. The number of anilines is 1. The van der Waals surface area contributed by atoms with E-state index in [0.717, 1.165) is 32.6 Å². The van der Waals surface area contributed by atoms with Crippen molar-refractivity contribution < 1.29 is 19.6 Å². The maximum absolute atomic E-state index is 13.7. The molecule has 222 valence electrons. The lowest BCUT2D eigenvalue weighted by Crippen LogP contribution is -2.29. The molecule has 1 aliphatic heterocycles. The molecule has 6 aromatic rings. The predicted molar refractivity (Wildman–Crippen MR) is 171 cm³/mol. The van der Waals surface area contributed by atoms with E-state index in [1.807, 2.05) is 36.4 Å². The minimum atomic E-state index is -1.21. The molecule has 3 aromatic heterocycles. The van der Waals surface area contributed by atoms with Crippen molar-refractivity contribution in [1.82, 2.24) is 19.6 Å². The number of Topliss-reactive ketones (excluding diaryl/α,β-unsaturated/α-hetero) is 1. The molecular weight excluding hydrogens is 613 g/mol. The van der Waals surface area contributed by atoms with E-state index in [2.05, 4.69) is 21.2 Å². The van der Waals surface area contributed by atoms with Gasteiger partial charge < -0.3 is 5.11 Å². The molecule has 0 radical (unpaired) electrons. The van der Waals surface area contributed by atoms with E-state index in [4.69, 9.17) is 0 Å². The first-order valence-corrected chi connectivity index (χ1v) is 15.5. The SMILES string of the molecule is Cc1nc2ccccn2c1C(O)=C1C(=O)C(=O)N(c2nnc(SCc3cccc4ccccc34)s2)C1c1cccc([N+](=O)[O-])c1. The van der Waals surface area contributed by atoms with Crippen LogP contribution in [0.25, 0.3) is 22.2 Å². The number of aliphatic hydroxyl groups excluding tert-OH is 1. The molecule has 0 saturated carbocycles. The molecule has 0 aliphatic carbocycles. The van der Waals surface area contributed by atoms with Crippen molar-refractivity contribution in [2.45, 2.75) is 23.1 Å². The largest absolute Gasteiger partial charge is 0.505 e. The molecule has 1 atom stereocenters. The summed E-state index contributed by atoms with van der Waals surface area (Å²) in [5, 5.41) is 34.3. The number of carbonyl (C=O) groups excluding carboxylic acids is 2.